The summed E-state index contributed by atoms with van der Waals surface area (Å²) in [6.45, 7) is 2.72. The molecule has 0 aromatic carbocycles. The van der Waals surface area contributed by atoms with Crippen LogP contribution in [0.1, 0.15) is 17.0 Å². The minimum Gasteiger partial charge on any atom is -0.354 e. The summed E-state index contributed by atoms with van der Waals surface area (Å²) in [6, 6.07) is 5.93. The van der Waals surface area contributed by atoms with Crippen molar-refractivity contribution in [3.63, 3.8) is 0 Å². The van der Waals surface area contributed by atoms with Gasteiger partial charge in [0, 0.05) is 25.9 Å². The van der Waals surface area contributed by atoms with E-state index in [1.165, 1.54) is 0 Å². The average molecular weight is 265 g/mol. The number of alkyl halides is 1. The normalized spacial score (nSPS) is 10.7. The Morgan fingerprint density at radius 3 is 2.78 bits per heavy atom. The quantitative estimate of drug-likeness (QED) is 0.796. The van der Waals surface area contributed by atoms with Crippen LogP contribution in [-0.2, 0) is 19.5 Å². The Morgan fingerprint density at radius 2 is 2.17 bits per heavy atom. The van der Waals surface area contributed by atoms with E-state index in [2.05, 4.69) is 15.0 Å². The van der Waals surface area contributed by atoms with E-state index in [4.69, 9.17) is 11.6 Å². The number of aryl methyl sites for hydroxylation is 2. The van der Waals surface area contributed by atoms with Gasteiger partial charge in [-0.3, -0.25) is 9.67 Å². The summed E-state index contributed by atoms with van der Waals surface area (Å²) in [4.78, 5) is 6.46. The van der Waals surface area contributed by atoms with Crippen molar-refractivity contribution in [3.8, 4) is 0 Å². The smallest absolute Gasteiger partial charge is 0.131 e. The number of anilines is 1. The highest BCUT2D eigenvalue weighted by molar-refractivity contribution is 6.17. The third-order valence-corrected chi connectivity index (χ3v) is 3.20. The first kappa shape index (κ1) is 12.9. The van der Waals surface area contributed by atoms with Crippen molar-refractivity contribution in [1.29, 1.82) is 0 Å². The van der Waals surface area contributed by atoms with Crippen LogP contribution in [0.4, 0.5) is 5.82 Å². The molecule has 0 saturated heterocycles. The molecule has 4 nitrogen and oxygen atoms in total. The predicted molar refractivity (Wildman–Crippen MR) is 73.8 cm³/mol. The summed E-state index contributed by atoms with van der Waals surface area (Å²) in [5.74, 6) is 1.52. The van der Waals surface area contributed by atoms with Crippen LogP contribution >= 0.6 is 11.6 Å². The van der Waals surface area contributed by atoms with Crippen LogP contribution in [-0.4, -0.2) is 21.8 Å². The Balaban J connectivity index is 2.26. The zero-order chi connectivity index (χ0) is 13.1. The van der Waals surface area contributed by atoms with Crippen molar-refractivity contribution < 1.29 is 0 Å². The second kappa shape index (κ2) is 5.40. The molecule has 0 atom stereocenters. The lowest BCUT2D eigenvalue weighted by atomic mass is 10.2. The van der Waals surface area contributed by atoms with E-state index in [0.29, 0.717) is 5.88 Å². The number of nitrogens with zero attached hydrogens (tertiary/aromatic N) is 4. The van der Waals surface area contributed by atoms with E-state index in [9.17, 15) is 0 Å². The number of pyridine rings is 1. The van der Waals surface area contributed by atoms with Gasteiger partial charge in [0.05, 0.1) is 23.8 Å². The maximum Gasteiger partial charge on any atom is 0.131 e. The molecule has 0 bridgehead atoms. The molecule has 0 saturated carbocycles. The van der Waals surface area contributed by atoms with Gasteiger partial charge in [-0.15, -0.1) is 11.6 Å². The summed E-state index contributed by atoms with van der Waals surface area (Å²) in [7, 11) is 3.97. The first-order valence-corrected chi connectivity index (χ1v) is 6.36. The highest BCUT2D eigenvalue weighted by atomic mass is 35.5. The lowest BCUT2D eigenvalue weighted by molar-refractivity contribution is 0.722. The van der Waals surface area contributed by atoms with Crippen molar-refractivity contribution in [2.45, 2.75) is 19.3 Å². The Morgan fingerprint density at radius 1 is 1.39 bits per heavy atom. The average Bonchev–Trinajstić information content (AvgIpc) is 2.64. The molecule has 0 unspecified atom stereocenters. The van der Waals surface area contributed by atoms with Crippen LogP contribution in [0, 0.1) is 6.92 Å². The van der Waals surface area contributed by atoms with E-state index < -0.39 is 0 Å². The van der Waals surface area contributed by atoms with Crippen molar-refractivity contribution >= 4 is 17.4 Å². The van der Waals surface area contributed by atoms with Crippen LogP contribution in [0.3, 0.4) is 0 Å². The maximum absolute atomic E-state index is 6.00. The van der Waals surface area contributed by atoms with E-state index >= 15 is 0 Å². The Kier molecular flexibility index (Phi) is 3.87. The summed E-state index contributed by atoms with van der Waals surface area (Å²) < 4.78 is 1.87. The molecule has 0 N–H and O–H groups in total. The number of hydrogen-bond acceptors (Lipinski definition) is 3. The Bertz CT molecular complexity index is 521. The fourth-order valence-corrected chi connectivity index (χ4v) is 2.45. The van der Waals surface area contributed by atoms with Gasteiger partial charge in [-0.2, -0.15) is 5.10 Å². The zero-order valence-corrected chi connectivity index (χ0v) is 11.6. The topological polar surface area (TPSA) is 34.0 Å². The highest BCUT2D eigenvalue weighted by Gasteiger charge is 2.16. The molecular weight excluding hydrogens is 248 g/mol. The van der Waals surface area contributed by atoms with Crippen LogP contribution in [0.2, 0.25) is 0 Å². The monoisotopic (exact) mass is 264 g/mol. The third kappa shape index (κ3) is 2.48. The molecule has 0 spiro atoms. The minimum atomic E-state index is 0.474. The highest BCUT2D eigenvalue weighted by Crippen LogP contribution is 2.24. The largest absolute Gasteiger partial charge is 0.354 e. The maximum atomic E-state index is 6.00. The first-order valence-electron chi connectivity index (χ1n) is 5.83. The van der Waals surface area contributed by atoms with Gasteiger partial charge in [0.15, 0.2) is 0 Å². The molecule has 2 heterocycles. The number of rotatable bonds is 4. The fourth-order valence-electron chi connectivity index (χ4n) is 2.13. The van der Waals surface area contributed by atoms with Crippen molar-refractivity contribution in [2.24, 2.45) is 7.05 Å². The second-order valence-corrected chi connectivity index (χ2v) is 4.59. The van der Waals surface area contributed by atoms with E-state index in [1.54, 1.807) is 6.20 Å². The van der Waals surface area contributed by atoms with E-state index in [-0.39, 0.29) is 0 Å². The number of aromatic nitrogens is 3. The van der Waals surface area contributed by atoms with Gasteiger partial charge in [0.1, 0.15) is 5.82 Å². The molecule has 2 rings (SSSR count). The lowest BCUT2D eigenvalue weighted by Crippen LogP contribution is -2.21. The minimum absolute atomic E-state index is 0.474. The van der Waals surface area contributed by atoms with Gasteiger partial charge >= 0.3 is 0 Å². The zero-order valence-electron chi connectivity index (χ0n) is 10.9. The number of hydrogen-bond donors (Lipinski definition) is 0. The third-order valence-electron chi connectivity index (χ3n) is 2.93. The standard InChI is InChI=1S/C13H17ClN4/c1-10-12(8-14)13(18(3)16-10)17(2)9-11-6-4-5-7-15-11/h4-7H,8-9H2,1-3H3. The molecule has 0 aliphatic heterocycles. The van der Waals surface area contributed by atoms with Crippen LogP contribution in [0.5, 0.6) is 0 Å². The lowest BCUT2D eigenvalue weighted by Gasteiger charge is -2.20. The van der Waals surface area contributed by atoms with Crippen LogP contribution in [0.25, 0.3) is 0 Å². The Labute approximate surface area is 112 Å². The summed E-state index contributed by atoms with van der Waals surface area (Å²) in [5, 5.41) is 4.41. The first-order chi connectivity index (χ1) is 8.63. The summed E-state index contributed by atoms with van der Waals surface area (Å²) >= 11 is 6.00. The molecule has 0 radical (unpaired) electrons. The second-order valence-electron chi connectivity index (χ2n) is 4.32. The summed E-state index contributed by atoms with van der Waals surface area (Å²) in [5.41, 5.74) is 3.09. The van der Waals surface area contributed by atoms with Gasteiger partial charge < -0.3 is 4.90 Å². The Hall–Kier alpha value is -1.55. The van der Waals surface area contributed by atoms with Gasteiger partial charge in [-0.05, 0) is 19.1 Å². The predicted octanol–water partition coefficient (Wildman–Crippen LogP) is 2.50. The molecule has 96 valence electrons. The molecule has 2 aromatic heterocycles. The molecule has 18 heavy (non-hydrogen) atoms. The number of halogens is 1. The van der Waals surface area contributed by atoms with Crippen molar-refractivity contribution in [1.82, 2.24) is 14.8 Å². The van der Waals surface area contributed by atoms with Gasteiger partial charge in [-0.1, -0.05) is 6.07 Å². The molecule has 5 heteroatoms. The summed E-state index contributed by atoms with van der Waals surface area (Å²) in [6.07, 6.45) is 1.81. The molecule has 0 fully saturated rings. The fraction of sp³-hybridized carbons (Fsp3) is 0.385. The molecule has 0 aliphatic carbocycles. The molecule has 0 amide bonds. The van der Waals surface area contributed by atoms with Crippen molar-refractivity contribution in [2.75, 3.05) is 11.9 Å². The molecule has 2 aromatic rings. The molecular formula is C13H17ClN4. The van der Waals surface area contributed by atoms with Crippen LogP contribution < -0.4 is 4.90 Å². The van der Waals surface area contributed by atoms with E-state index in [0.717, 1.165) is 29.3 Å². The van der Waals surface area contributed by atoms with Crippen LogP contribution in [0.15, 0.2) is 24.4 Å². The molecule has 0 aliphatic rings. The van der Waals surface area contributed by atoms with Crippen molar-refractivity contribution in [3.05, 3.63) is 41.3 Å². The van der Waals surface area contributed by atoms with E-state index in [1.807, 2.05) is 43.9 Å². The van der Waals surface area contributed by atoms with Gasteiger partial charge in [-0.25, -0.2) is 0 Å². The SMILES string of the molecule is Cc1nn(C)c(N(C)Cc2ccccn2)c1CCl. The van der Waals surface area contributed by atoms with Gasteiger partial charge in [0.25, 0.3) is 0 Å². The van der Waals surface area contributed by atoms with Gasteiger partial charge in [0.2, 0.25) is 0 Å².